The second-order valence-corrected chi connectivity index (χ2v) is 9.94. The van der Waals surface area contributed by atoms with Gasteiger partial charge in [-0.15, -0.1) is 0 Å². The van der Waals surface area contributed by atoms with E-state index in [9.17, 15) is 13.2 Å². The predicted molar refractivity (Wildman–Crippen MR) is 118 cm³/mol. The van der Waals surface area contributed by atoms with Gasteiger partial charge >= 0.3 is 5.97 Å². The Morgan fingerprint density at radius 1 is 0.969 bits per heavy atom. The summed E-state index contributed by atoms with van der Waals surface area (Å²) < 4.78 is 44.6. The number of methoxy groups -OCH3 is 2. The fraction of sp³-hybridized carbons (Fsp3) is 0.304. The van der Waals surface area contributed by atoms with E-state index in [0.717, 1.165) is 0 Å². The van der Waals surface area contributed by atoms with E-state index >= 15 is 0 Å². The van der Waals surface area contributed by atoms with Gasteiger partial charge < -0.3 is 14.2 Å². The maximum Gasteiger partial charge on any atom is 0.348 e. The van der Waals surface area contributed by atoms with E-state index in [-0.39, 0.29) is 32.7 Å². The topological polar surface area (TPSA) is 96.7 Å². The molecule has 0 unspecified atom stereocenters. The standard InChI is InChI=1S/C23H26N2O6S/c1-15-20(32(27,28)16-11-8-7-9-12-16)21(25(24-15)23(2,3)4)31-22(26)17-13-10-14-18(29-5)19(17)30-6/h7-14H,1-6H3. The molecule has 2 aromatic carbocycles. The molecule has 0 fully saturated rings. The molecule has 0 saturated heterocycles. The average Bonchev–Trinajstić information content (AvgIpc) is 3.10. The van der Waals surface area contributed by atoms with Gasteiger partial charge in [0.15, 0.2) is 16.4 Å². The number of esters is 1. The number of carbonyl (C=O) groups excluding carboxylic acids is 1. The molecule has 3 rings (SSSR count). The van der Waals surface area contributed by atoms with Crippen molar-refractivity contribution in [3.8, 4) is 17.4 Å². The maximum atomic E-state index is 13.5. The highest BCUT2D eigenvalue weighted by molar-refractivity contribution is 7.91. The molecule has 0 atom stereocenters. The molecule has 0 amide bonds. The number of aryl methyl sites for hydroxylation is 1. The number of nitrogens with zero attached hydrogens (tertiary/aromatic N) is 2. The zero-order valence-corrected chi connectivity index (χ0v) is 19.7. The minimum absolute atomic E-state index is 0.0767. The third-order valence-corrected chi connectivity index (χ3v) is 6.64. The van der Waals surface area contributed by atoms with Crippen LogP contribution in [0.5, 0.6) is 17.4 Å². The van der Waals surface area contributed by atoms with Crippen molar-refractivity contribution in [2.75, 3.05) is 14.2 Å². The van der Waals surface area contributed by atoms with Crippen LogP contribution in [-0.2, 0) is 15.4 Å². The van der Waals surface area contributed by atoms with Gasteiger partial charge in [-0.05, 0) is 52.0 Å². The molecule has 0 spiro atoms. The van der Waals surface area contributed by atoms with Gasteiger partial charge in [-0.2, -0.15) is 5.10 Å². The SMILES string of the molecule is COc1cccc(C(=O)Oc2c(S(=O)(=O)c3ccccc3)c(C)nn2C(C)(C)C)c1OC. The van der Waals surface area contributed by atoms with Crippen LogP contribution in [-0.4, -0.2) is 38.4 Å². The first kappa shape index (κ1) is 23.3. The Morgan fingerprint density at radius 3 is 2.19 bits per heavy atom. The lowest BCUT2D eigenvalue weighted by Gasteiger charge is -2.22. The van der Waals surface area contributed by atoms with Gasteiger partial charge in [0.05, 0.1) is 30.3 Å². The molecule has 0 aliphatic rings. The Bertz CT molecular complexity index is 1240. The third kappa shape index (κ3) is 4.20. The van der Waals surface area contributed by atoms with E-state index in [1.165, 1.54) is 37.1 Å². The van der Waals surface area contributed by atoms with Crippen molar-refractivity contribution in [1.82, 2.24) is 9.78 Å². The predicted octanol–water partition coefficient (Wildman–Crippen LogP) is 4.02. The molecule has 9 heteroatoms. The normalized spacial score (nSPS) is 11.8. The van der Waals surface area contributed by atoms with Crippen LogP contribution < -0.4 is 14.2 Å². The lowest BCUT2D eigenvalue weighted by molar-refractivity contribution is 0.0699. The molecule has 0 bridgehead atoms. The quantitative estimate of drug-likeness (QED) is 0.515. The Kier molecular flexibility index (Phi) is 6.32. The molecule has 32 heavy (non-hydrogen) atoms. The summed E-state index contributed by atoms with van der Waals surface area (Å²) in [6, 6.07) is 12.7. The number of sulfone groups is 1. The summed E-state index contributed by atoms with van der Waals surface area (Å²) in [5.41, 5.74) is -0.345. The van der Waals surface area contributed by atoms with Gasteiger partial charge in [0.2, 0.25) is 15.7 Å². The first-order chi connectivity index (χ1) is 15.0. The number of hydrogen-bond donors (Lipinski definition) is 0. The zero-order chi connectivity index (χ0) is 23.7. The monoisotopic (exact) mass is 458 g/mol. The van der Waals surface area contributed by atoms with Crippen LogP contribution >= 0.6 is 0 Å². The molecule has 0 radical (unpaired) electrons. The third-order valence-electron chi connectivity index (χ3n) is 4.74. The zero-order valence-electron chi connectivity index (χ0n) is 18.9. The van der Waals surface area contributed by atoms with E-state index in [2.05, 4.69) is 5.10 Å². The number of carbonyl (C=O) groups is 1. The van der Waals surface area contributed by atoms with E-state index in [4.69, 9.17) is 14.2 Å². The number of aromatic nitrogens is 2. The van der Waals surface area contributed by atoms with Crippen molar-refractivity contribution in [2.45, 2.75) is 43.0 Å². The molecule has 0 saturated carbocycles. The lowest BCUT2D eigenvalue weighted by Crippen LogP contribution is -2.26. The Balaban J connectivity index is 2.20. The molecule has 3 aromatic rings. The minimum atomic E-state index is -4.01. The van der Waals surface area contributed by atoms with Crippen molar-refractivity contribution in [1.29, 1.82) is 0 Å². The van der Waals surface area contributed by atoms with E-state index in [1.807, 2.05) is 20.8 Å². The van der Waals surface area contributed by atoms with Crippen molar-refractivity contribution in [3.63, 3.8) is 0 Å². The molecular weight excluding hydrogens is 432 g/mol. The smallest absolute Gasteiger partial charge is 0.348 e. The van der Waals surface area contributed by atoms with Crippen LogP contribution in [0, 0.1) is 6.92 Å². The Labute approximate surface area is 187 Å². The Morgan fingerprint density at radius 2 is 1.62 bits per heavy atom. The fourth-order valence-corrected chi connectivity index (χ4v) is 4.79. The van der Waals surface area contributed by atoms with Crippen molar-refractivity contribution >= 4 is 15.8 Å². The van der Waals surface area contributed by atoms with Gasteiger partial charge in [0, 0.05) is 0 Å². The molecule has 0 N–H and O–H groups in total. The van der Waals surface area contributed by atoms with Crippen molar-refractivity contribution in [3.05, 3.63) is 59.8 Å². The van der Waals surface area contributed by atoms with E-state index in [1.54, 1.807) is 37.3 Å². The summed E-state index contributed by atoms with van der Waals surface area (Å²) in [7, 11) is -1.15. The van der Waals surface area contributed by atoms with Crippen LogP contribution in [0.3, 0.4) is 0 Å². The molecule has 0 aliphatic carbocycles. The Hall–Kier alpha value is -3.33. The summed E-state index contributed by atoms with van der Waals surface area (Å²) >= 11 is 0. The molecule has 1 heterocycles. The van der Waals surface area contributed by atoms with E-state index in [0.29, 0.717) is 5.75 Å². The van der Waals surface area contributed by atoms with Crippen molar-refractivity contribution in [2.24, 2.45) is 0 Å². The first-order valence-electron chi connectivity index (χ1n) is 9.85. The highest BCUT2D eigenvalue weighted by Gasteiger charge is 2.35. The molecule has 170 valence electrons. The van der Waals surface area contributed by atoms with Crippen LogP contribution in [0.4, 0.5) is 0 Å². The highest BCUT2D eigenvalue weighted by atomic mass is 32.2. The van der Waals surface area contributed by atoms with Gasteiger partial charge in [0.1, 0.15) is 5.56 Å². The lowest BCUT2D eigenvalue weighted by atomic mass is 10.1. The summed E-state index contributed by atoms with van der Waals surface area (Å²) in [5, 5.41) is 4.40. The van der Waals surface area contributed by atoms with Gasteiger partial charge in [-0.25, -0.2) is 17.9 Å². The molecule has 1 aromatic heterocycles. The van der Waals surface area contributed by atoms with Crippen LogP contribution in [0.15, 0.2) is 58.3 Å². The van der Waals surface area contributed by atoms with Crippen LogP contribution in [0.1, 0.15) is 36.8 Å². The number of ether oxygens (including phenoxy) is 3. The largest absolute Gasteiger partial charge is 0.493 e. The number of benzene rings is 2. The maximum absolute atomic E-state index is 13.5. The van der Waals surface area contributed by atoms with Crippen LogP contribution in [0.25, 0.3) is 0 Å². The molecule has 0 aliphatic heterocycles. The van der Waals surface area contributed by atoms with Gasteiger partial charge in [-0.1, -0.05) is 24.3 Å². The van der Waals surface area contributed by atoms with Gasteiger partial charge in [0.25, 0.3) is 0 Å². The van der Waals surface area contributed by atoms with E-state index < -0.39 is 21.3 Å². The second kappa shape index (κ2) is 8.66. The first-order valence-corrected chi connectivity index (χ1v) is 11.3. The summed E-state index contributed by atoms with van der Waals surface area (Å²) in [6.45, 7) is 7.08. The van der Waals surface area contributed by atoms with Gasteiger partial charge in [-0.3, -0.25) is 0 Å². The summed E-state index contributed by atoms with van der Waals surface area (Å²) in [4.78, 5) is 13.1. The van der Waals surface area contributed by atoms with Crippen molar-refractivity contribution < 1.29 is 27.4 Å². The number of hydrogen-bond acceptors (Lipinski definition) is 7. The highest BCUT2D eigenvalue weighted by Crippen LogP contribution is 2.37. The molecular formula is C23H26N2O6S. The number of para-hydroxylation sites is 1. The van der Waals surface area contributed by atoms with Crippen LogP contribution in [0.2, 0.25) is 0 Å². The minimum Gasteiger partial charge on any atom is -0.493 e. The summed E-state index contributed by atoms with van der Waals surface area (Å²) in [5.74, 6) is -0.421. The fourth-order valence-electron chi connectivity index (χ4n) is 3.25. The second-order valence-electron chi connectivity index (χ2n) is 8.05. The molecule has 8 nitrogen and oxygen atoms in total. The summed E-state index contributed by atoms with van der Waals surface area (Å²) in [6.07, 6.45) is 0. The average molecular weight is 459 g/mol. The number of rotatable bonds is 6.